The van der Waals surface area contributed by atoms with Gasteiger partial charge in [-0.3, -0.25) is 0 Å². The highest BCUT2D eigenvalue weighted by Crippen LogP contribution is 2.14. The lowest BCUT2D eigenvalue weighted by Gasteiger charge is -2.08. The number of rotatable bonds is 20. The molecule has 0 aliphatic rings. The van der Waals surface area contributed by atoms with Crippen LogP contribution in [0, 0.1) is 0 Å². The van der Waals surface area contributed by atoms with Crippen molar-refractivity contribution < 1.29 is 9.53 Å². The van der Waals surface area contributed by atoms with Crippen LogP contribution in [0.25, 0.3) is 0 Å². The van der Waals surface area contributed by atoms with Gasteiger partial charge in [0, 0.05) is 25.9 Å². The van der Waals surface area contributed by atoms with Gasteiger partial charge in [0.1, 0.15) is 0 Å². The van der Waals surface area contributed by atoms with E-state index >= 15 is 0 Å². The maximum Gasteiger partial charge on any atom is 0.335 e. The number of ether oxygens (including phenoxy) is 1. The first-order valence-corrected chi connectivity index (χ1v) is 12.1. The SMILES string of the molecule is CCCCCCCCCCCCCCCCCCCOC(=O)/C(C)=C/N(C)C. The molecular weight excluding hydrogens is 346 g/mol. The molecule has 0 saturated carbocycles. The Morgan fingerprint density at radius 2 is 1.04 bits per heavy atom. The van der Waals surface area contributed by atoms with Crippen LogP contribution in [-0.2, 0) is 9.53 Å². The summed E-state index contributed by atoms with van der Waals surface area (Å²) in [5.74, 6) is -0.190. The Morgan fingerprint density at radius 3 is 1.39 bits per heavy atom. The summed E-state index contributed by atoms with van der Waals surface area (Å²) in [4.78, 5) is 13.6. The highest BCUT2D eigenvalue weighted by Gasteiger charge is 2.05. The van der Waals surface area contributed by atoms with Crippen molar-refractivity contribution in [2.75, 3.05) is 20.7 Å². The van der Waals surface area contributed by atoms with E-state index in [4.69, 9.17) is 4.74 Å². The molecule has 0 atom stereocenters. The molecule has 166 valence electrons. The van der Waals surface area contributed by atoms with E-state index in [2.05, 4.69) is 6.92 Å². The lowest BCUT2D eigenvalue weighted by atomic mass is 10.0. The van der Waals surface area contributed by atoms with E-state index in [1.807, 2.05) is 19.0 Å². The van der Waals surface area contributed by atoms with Gasteiger partial charge in [-0.05, 0) is 13.3 Å². The van der Waals surface area contributed by atoms with Crippen molar-refractivity contribution in [2.45, 2.75) is 123 Å². The van der Waals surface area contributed by atoms with Gasteiger partial charge in [-0.25, -0.2) is 4.79 Å². The number of hydrogen-bond donors (Lipinski definition) is 0. The van der Waals surface area contributed by atoms with E-state index < -0.39 is 0 Å². The zero-order valence-corrected chi connectivity index (χ0v) is 19.6. The fourth-order valence-corrected chi connectivity index (χ4v) is 3.55. The summed E-state index contributed by atoms with van der Waals surface area (Å²) in [6, 6.07) is 0. The highest BCUT2D eigenvalue weighted by atomic mass is 16.5. The van der Waals surface area contributed by atoms with E-state index in [-0.39, 0.29) is 5.97 Å². The number of hydrogen-bond acceptors (Lipinski definition) is 3. The first-order chi connectivity index (χ1) is 13.6. The van der Waals surface area contributed by atoms with Crippen molar-refractivity contribution in [3.05, 3.63) is 11.8 Å². The van der Waals surface area contributed by atoms with Gasteiger partial charge in [0.25, 0.3) is 0 Å². The minimum atomic E-state index is -0.190. The first kappa shape index (κ1) is 27.0. The van der Waals surface area contributed by atoms with Crippen LogP contribution in [0.15, 0.2) is 11.8 Å². The standard InChI is InChI=1S/C25H49NO2/c1-5-6-7-8-9-10-11-12-13-14-15-16-17-18-19-20-21-22-28-25(27)24(2)23-26(3)4/h23H,5-22H2,1-4H3/b24-23+. The molecule has 0 aromatic heterocycles. The predicted octanol–water partition coefficient (Wildman–Crippen LogP) is 7.65. The zero-order chi connectivity index (χ0) is 20.9. The number of carbonyl (C=O) groups excluding carboxylic acids is 1. The van der Waals surface area contributed by atoms with Gasteiger partial charge in [-0.15, -0.1) is 0 Å². The van der Waals surface area contributed by atoms with Crippen molar-refractivity contribution in [2.24, 2.45) is 0 Å². The van der Waals surface area contributed by atoms with Crippen LogP contribution >= 0.6 is 0 Å². The Kier molecular flexibility index (Phi) is 20.0. The van der Waals surface area contributed by atoms with Gasteiger partial charge >= 0.3 is 5.97 Å². The number of nitrogens with zero attached hydrogens (tertiary/aromatic N) is 1. The van der Waals surface area contributed by atoms with Crippen molar-refractivity contribution in [3.8, 4) is 0 Å². The molecule has 0 aliphatic carbocycles. The molecule has 0 spiro atoms. The van der Waals surface area contributed by atoms with Gasteiger partial charge in [-0.2, -0.15) is 0 Å². The molecule has 0 fully saturated rings. The number of unbranched alkanes of at least 4 members (excludes halogenated alkanes) is 16. The van der Waals surface area contributed by atoms with E-state index in [1.54, 1.807) is 13.1 Å². The maximum atomic E-state index is 11.7. The second kappa shape index (κ2) is 20.7. The van der Waals surface area contributed by atoms with Crippen LogP contribution < -0.4 is 0 Å². The van der Waals surface area contributed by atoms with Gasteiger partial charge in [0.05, 0.1) is 6.61 Å². The zero-order valence-electron chi connectivity index (χ0n) is 19.6. The van der Waals surface area contributed by atoms with E-state index in [0.717, 1.165) is 6.42 Å². The Morgan fingerprint density at radius 1 is 0.679 bits per heavy atom. The molecular formula is C25H49NO2. The molecule has 0 N–H and O–H groups in total. The quantitative estimate of drug-likeness (QED) is 0.120. The van der Waals surface area contributed by atoms with Crippen LogP contribution in [-0.4, -0.2) is 31.6 Å². The monoisotopic (exact) mass is 395 g/mol. The molecule has 28 heavy (non-hydrogen) atoms. The Bertz CT molecular complexity index is 377. The lowest BCUT2D eigenvalue weighted by Crippen LogP contribution is -2.11. The molecule has 0 saturated heterocycles. The Balaban J connectivity index is 3.21. The third-order valence-electron chi connectivity index (χ3n) is 5.25. The Hall–Kier alpha value is -0.990. The average molecular weight is 396 g/mol. The topological polar surface area (TPSA) is 29.5 Å². The van der Waals surface area contributed by atoms with Crippen molar-refractivity contribution >= 4 is 5.97 Å². The maximum absolute atomic E-state index is 11.7. The molecule has 3 heteroatoms. The highest BCUT2D eigenvalue weighted by molar-refractivity contribution is 5.87. The molecule has 0 heterocycles. The minimum Gasteiger partial charge on any atom is -0.462 e. The van der Waals surface area contributed by atoms with Crippen molar-refractivity contribution in [1.29, 1.82) is 0 Å². The summed E-state index contributed by atoms with van der Waals surface area (Å²) in [6.07, 6.45) is 25.0. The van der Waals surface area contributed by atoms with Crippen LogP contribution in [0.5, 0.6) is 0 Å². The molecule has 0 unspecified atom stereocenters. The minimum absolute atomic E-state index is 0.190. The molecule has 0 radical (unpaired) electrons. The number of carbonyl (C=O) groups is 1. The molecule has 0 rings (SSSR count). The predicted molar refractivity (Wildman–Crippen MR) is 123 cm³/mol. The summed E-state index contributed by atoms with van der Waals surface area (Å²) in [5, 5.41) is 0. The van der Waals surface area contributed by atoms with Crippen LogP contribution in [0.2, 0.25) is 0 Å². The van der Waals surface area contributed by atoms with Crippen molar-refractivity contribution in [1.82, 2.24) is 4.90 Å². The molecule has 0 bridgehead atoms. The normalized spacial score (nSPS) is 11.6. The summed E-state index contributed by atoms with van der Waals surface area (Å²) in [6.45, 7) is 4.64. The van der Waals surface area contributed by atoms with E-state index in [9.17, 15) is 4.79 Å². The first-order valence-electron chi connectivity index (χ1n) is 12.1. The smallest absolute Gasteiger partial charge is 0.335 e. The van der Waals surface area contributed by atoms with Crippen LogP contribution in [0.1, 0.15) is 123 Å². The molecule has 0 aliphatic heterocycles. The molecule has 3 nitrogen and oxygen atoms in total. The fourth-order valence-electron chi connectivity index (χ4n) is 3.55. The second-order valence-corrected chi connectivity index (χ2v) is 8.57. The third kappa shape index (κ3) is 19.8. The molecule has 0 aromatic rings. The number of esters is 1. The average Bonchev–Trinajstić information content (AvgIpc) is 2.66. The van der Waals surface area contributed by atoms with Gasteiger partial charge in [0.2, 0.25) is 0 Å². The van der Waals surface area contributed by atoms with Crippen LogP contribution in [0.3, 0.4) is 0 Å². The van der Waals surface area contributed by atoms with E-state index in [0.29, 0.717) is 12.2 Å². The summed E-state index contributed by atoms with van der Waals surface area (Å²) < 4.78 is 5.30. The fraction of sp³-hybridized carbons (Fsp3) is 0.880. The van der Waals surface area contributed by atoms with Gasteiger partial charge in [-0.1, -0.05) is 110 Å². The summed E-state index contributed by atoms with van der Waals surface area (Å²) in [5.41, 5.74) is 0.664. The second-order valence-electron chi connectivity index (χ2n) is 8.57. The van der Waals surface area contributed by atoms with E-state index in [1.165, 1.54) is 103 Å². The lowest BCUT2D eigenvalue weighted by molar-refractivity contribution is -0.139. The van der Waals surface area contributed by atoms with Gasteiger partial charge in [0.15, 0.2) is 0 Å². The Labute approximate surface area is 176 Å². The largest absolute Gasteiger partial charge is 0.462 e. The summed E-state index contributed by atoms with van der Waals surface area (Å²) in [7, 11) is 3.82. The third-order valence-corrected chi connectivity index (χ3v) is 5.25. The van der Waals surface area contributed by atoms with Gasteiger partial charge < -0.3 is 9.64 Å². The summed E-state index contributed by atoms with van der Waals surface area (Å²) >= 11 is 0. The molecule has 0 amide bonds. The molecule has 0 aromatic carbocycles. The van der Waals surface area contributed by atoms with Crippen LogP contribution in [0.4, 0.5) is 0 Å². The van der Waals surface area contributed by atoms with Crippen molar-refractivity contribution in [3.63, 3.8) is 0 Å².